The maximum absolute atomic E-state index is 13.1. The minimum absolute atomic E-state index is 0.00690. The summed E-state index contributed by atoms with van der Waals surface area (Å²) in [5.41, 5.74) is 1.10. The molecule has 1 aliphatic rings. The van der Waals surface area contributed by atoms with Crippen LogP contribution < -0.4 is 4.74 Å². The average Bonchev–Trinajstić information content (AvgIpc) is 3.21. The maximum Gasteiger partial charge on any atom is 0.242 e. The van der Waals surface area contributed by atoms with E-state index in [1.807, 2.05) is 30.2 Å². The SMILES string of the molecule is CCCN(CC(=O)N1CCc2sccc2C1COc1ccc(F)cc1)C(=O)CC. The molecule has 0 N–H and O–H groups in total. The number of carbonyl (C=O) groups is 2. The Morgan fingerprint density at radius 1 is 1.24 bits per heavy atom. The Labute approximate surface area is 175 Å². The van der Waals surface area contributed by atoms with Gasteiger partial charge in [0.05, 0.1) is 12.6 Å². The first-order chi connectivity index (χ1) is 14.0. The summed E-state index contributed by atoms with van der Waals surface area (Å²) < 4.78 is 19.0. The molecule has 3 rings (SSSR count). The van der Waals surface area contributed by atoms with Gasteiger partial charge in [0.2, 0.25) is 11.8 Å². The lowest BCUT2D eigenvalue weighted by molar-refractivity contribution is -0.142. The normalized spacial score (nSPS) is 15.7. The van der Waals surface area contributed by atoms with E-state index in [0.29, 0.717) is 25.3 Å². The van der Waals surface area contributed by atoms with Crippen molar-refractivity contribution in [3.63, 3.8) is 0 Å². The van der Waals surface area contributed by atoms with Crippen LogP contribution in [-0.2, 0) is 16.0 Å². The van der Waals surface area contributed by atoms with Gasteiger partial charge in [-0.2, -0.15) is 0 Å². The summed E-state index contributed by atoms with van der Waals surface area (Å²) in [6.07, 6.45) is 2.01. The number of carbonyl (C=O) groups excluding carboxylic acids is 2. The highest BCUT2D eigenvalue weighted by Crippen LogP contribution is 2.34. The molecule has 0 radical (unpaired) electrons. The van der Waals surface area contributed by atoms with Gasteiger partial charge >= 0.3 is 0 Å². The van der Waals surface area contributed by atoms with Crippen LogP contribution in [0, 0.1) is 5.82 Å². The number of halogens is 1. The number of benzene rings is 1. The van der Waals surface area contributed by atoms with E-state index in [1.54, 1.807) is 28.4 Å². The Balaban J connectivity index is 1.75. The summed E-state index contributed by atoms with van der Waals surface area (Å²) in [6, 6.07) is 7.70. The number of amides is 2. The first-order valence-corrected chi connectivity index (χ1v) is 10.9. The predicted octanol–water partition coefficient (Wildman–Crippen LogP) is 4.04. The lowest BCUT2D eigenvalue weighted by Crippen LogP contribution is -2.47. The third-order valence-electron chi connectivity index (χ3n) is 5.11. The molecule has 5 nitrogen and oxygen atoms in total. The average molecular weight is 419 g/mol. The Kier molecular flexibility index (Phi) is 7.25. The molecule has 0 bridgehead atoms. The van der Waals surface area contributed by atoms with E-state index in [2.05, 4.69) is 0 Å². The molecule has 0 aliphatic carbocycles. The molecule has 0 fully saturated rings. The zero-order valence-electron chi connectivity index (χ0n) is 16.9. The highest BCUT2D eigenvalue weighted by Gasteiger charge is 2.33. The van der Waals surface area contributed by atoms with Gasteiger partial charge in [0.1, 0.15) is 18.2 Å². The van der Waals surface area contributed by atoms with Crippen LogP contribution >= 0.6 is 11.3 Å². The smallest absolute Gasteiger partial charge is 0.242 e. The van der Waals surface area contributed by atoms with Crippen LogP contribution in [0.15, 0.2) is 35.7 Å². The van der Waals surface area contributed by atoms with Gasteiger partial charge in [-0.3, -0.25) is 9.59 Å². The number of ether oxygens (including phenoxy) is 1. The third-order valence-corrected chi connectivity index (χ3v) is 6.11. The van der Waals surface area contributed by atoms with Gasteiger partial charge in [-0.1, -0.05) is 13.8 Å². The number of nitrogens with zero attached hydrogens (tertiary/aromatic N) is 2. The van der Waals surface area contributed by atoms with Crippen LogP contribution in [0.25, 0.3) is 0 Å². The number of thiophene rings is 1. The molecule has 156 valence electrons. The molecule has 1 aromatic carbocycles. The van der Waals surface area contributed by atoms with E-state index >= 15 is 0 Å². The molecule has 2 heterocycles. The second-order valence-electron chi connectivity index (χ2n) is 7.09. The van der Waals surface area contributed by atoms with Gasteiger partial charge in [0.25, 0.3) is 0 Å². The minimum Gasteiger partial charge on any atom is -0.491 e. The fourth-order valence-electron chi connectivity index (χ4n) is 3.62. The molecule has 0 spiro atoms. The number of hydrogen-bond acceptors (Lipinski definition) is 4. The molecule has 1 atom stereocenters. The third kappa shape index (κ3) is 5.15. The van der Waals surface area contributed by atoms with E-state index in [0.717, 1.165) is 18.4 Å². The first kappa shape index (κ1) is 21.3. The van der Waals surface area contributed by atoms with Crippen molar-refractivity contribution >= 4 is 23.2 Å². The number of rotatable bonds is 8. The van der Waals surface area contributed by atoms with Crippen LogP contribution in [0.1, 0.15) is 43.2 Å². The number of hydrogen-bond donors (Lipinski definition) is 0. The largest absolute Gasteiger partial charge is 0.491 e. The fourth-order valence-corrected chi connectivity index (χ4v) is 4.55. The summed E-state index contributed by atoms with van der Waals surface area (Å²) in [6.45, 7) is 5.37. The summed E-state index contributed by atoms with van der Waals surface area (Å²) in [4.78, 5) is 30.1. The van der Waals surface area contributed by atoms with Crippen molar-refractivity contribution in [1.29, 1.82) is 0 Å². The standard InChI is InChI=1S/C22H27FN2O3S/c1-3-11-24(21(26)4-2)14-22(27)25-12-9-20-18(10-13-29-20)19(25)15-28-17-7-5-16(23)6-8-17/h5-8,10,13,19H,3-4,9,11-12,14-15H2,1-2H3. The van der Waals surface area contributed by atoms with Gasteiger partial charge in [0.15, 0.2) is 0 Å². The van der Waals surface area contributed by atoms with Crippen molar-refractivity contribution in [2.75, 3.05) is 26.2 Å². The predicted molar refractivity (Wildman–Crippen MR) is 112 cm³/mol. The van der Waals surface area contributed by atoms with Crippen molar-refractivity contribution in [2.45, 2.75) is 39.2 Å². The topological polar surface area (TPSA) is 49.9 Å². The molecule has 2 aromatic rings. The molecule has 7 heteroatoms. The lowest BCUT2D eigenvalue weighted by atomic mass is 10.0. The summed E-state index contributed by atoms with van der Waals surface area (Å²) in [5, 5.41) is 2.04. The van der Waals surface area contributed by atoms with Gasteiger partial charge < -0.3 is 14.5 Å². The highest BCUT2D eigenvalue weighted by molar-refractivity contribution is 7.10. The Morgan fingerprint density at radius 2 is 2.00 bits per heavy atom. The molecular weight excluding hydrogens is 391 g/mol. The van der Waals surface area contributed by atoms with Crippen molar-refractivity contribution in [3.05, 3.63) is 52.0 Å². The Hall–Kier alpha value is -2.41. The zero-order chi connectivity index (χ0) is 20.8. The van der Waals surface area contributed by atoms with Crippen molar-refractivity contribution < 1.29 is 18.7 Å². The summed E-state index contributed by atoms with van der Waals surface area (Å²) in [5.74, 6) is 0.177. The molecule has 1 aliphatic heterocycles. The van der Waals surface area contributed by atoms with Gasteiger partial charge in [-0.05, 0) is 54.1 Å². The second-order valence-corrected chi connectivity index (χ2v) is 8.09. The first-order valence-electron chi connectivity index (χ1n) is 10.0. The zero-order valence-corrected chi connectivity index (χ0v) is 17.7. The van der Waals surface area contributed by atoms with Crippen LogP contribution in [0.2, 0.25) is 0 Å². The van der Waals surface area contributed by atoms with E-state index < -0.39 is 0 Å². The molecule has 1 unspecified atom stereocenters. The van der Waals surface area contributed by atoms with Crippen LogP contribution in [-0.4, -0.2) is 47.9 Å². The van der Waals surface area contributed by atoms with Gasteiger partial charge in [-0.15, -0.1) is 11.3 Å². The summed E-state index contributed by atoms with van der Waals surface area (Å²) >= 11 is 1.69. The summed E-state index contributed by atoms with van der Waals surface area (Å²) in [7, 11) is 0. The molecular formula is C22H27FN2O3S. The minimum atomic E-state index is -0.316. The van der Waals surface area contributed by atoms with Crippen molar-refractivity contribution in [1.82, 2.24) is 9.80 Å². The Bertz CT molecular complexity index is 837. The maximum atomic E-state index is 13.1. The lowest BCUT2D eigenvalue weighted by Gasteiger charge is -2.37. The number of fused-ring (bicyclic) bond motifs is 1. The quantitative estimate of drug-likeness (QED) is 0.650. The molecule has 1 aromatic heterocycles. The molecule has 29 heavy (non-hydrogen) atoms. The van der Waals surface area contributed by atoms with E-state index in [1.165, 1.54) is 17.0 Å². The monoisotopic (exact) mass is 418 g/mol. The van der Waals surface area contributed by atoms with Crippen LogP contribution in [0.4, 0.5) is 4.39 Å². The highest BCUT2D eigenvalue weighted by atomic mass is 32.1. The van der Waals surface area contributed by atoms with Crippen molar-refractivity contribution in [3.8, 4) is 5.75 Å². The molecule has 2 amide bonds. The second kappa shape index (κ2) is 9.87. The van der Waals surface area contributed by atoms with Gasteiger partial charge in [-0.25, -0.2) is 4.39 Å². The Morgan fingerprint density at radius 3 is 2.69 bits per heavy atom. The van der Waals surface area contributed by atoms with Crippen LogP contribution in [0.3, 0.4) is 0 Å². The van der Waals surface area contributed by atoms with E-state index in [4.69, 9.17) is 4.74 Å². The fraction of sp³-hybridized carbons (Fsp3) is 0.455. The van der Waals surface area contributed by atoms with Crippen molar-refractivity contribution in [2.24, 2.45) is 0 Å². The molecule has 0 saturated heterocycles. The van der Waals surface area contributed by atoms with Gasteiger partial charge in [0, 0.05) is 24.4 Å². The molecule has 0 saturated carbocycles. The van der Waals surface area contributed by atoms with E-state index in [9.17, 15) is 14.0 Å². The van der Waals surface area contributed by atoms with Crippen LogP contribution in [0.5, 0.6) is 5.75 Å². The van der Waals surface area contributed by atoms with E-state index in [-0.39, 0.29) is 36.8 Å².